The van der Waals surface area contributed by atoms with Crippen molar-refractivity contribution in [3.05, 3.63) is 36.0 Å². The Labute approximate surface area is 115 Å². The molecule has 1 aromatic heterocycles. The molecular formula is C17H23NO. The van der Waals surface area contributed by atoms with Gasteiger partial charge in [0.05, 0.1) is 0 Å². The Morgan fingerprint density at radius 2 is 2.05 bits per heavy atom. The van der Waals surface area contributed by atoms with Gasteiger partial charge in [0.1, 0.15) is 0 Å². The normalized spacial score (nSPS) is 18.2. The van der Waals surface area contributed by atoms with E-state index >= 15 is 0 Å². The van der Waals surface area contributed by atoms with Gasteiger partial charge in [0, 0.05) is 36.2 Å². The molecule has 1 fully saturated rings. The monoisotopic (exact) mass is 257 g/mol. The minimum Gasteiger partial charge on any atom is -0.396 e. The molecule has 1 N–H and O–H groups in total. The lowest BCUT2D eigenvalue weighted by atomic mass is 9.98. The van der Waals surface area contributed by atoms with Crippen molar-refractivity contribution >= 4 is 10.9 Å². The predicted molar refractivity (Wildman–Crippen MR) is 79.4 cm³/mol. The van der Waals surface area contributed by atoms with Crippen molar-refractivity contribution in [1.82, 2.24) is 4.57 Å². The molecule has 0 amide bonds. The lowest BCUT2D eigenvalue weighted by Gasteiger charge is -2.13. The number of hydrogen-bond acceptors (Lipinski definition) is 1. The molecule has 0 aliphatic heterocycles. The molecule has 19 heavy (non-hydrogen) atoms. The molecule has 1 aliphatic rings. The fourth-order valence-corrected chi connectivity index (χ4v) is 3.41. The first-order valence-electron chi connectivity index (χ1n) is 7.48. The maximum absolute atomic E-state index is 9.38. The van der Waals surface area contributed by atoms with E-state index in [0.29, 0.717) is 0 Å². The first-order chi connectivity index (χ1) is 9.29. The molecule has 2 aromatic rings. The molecular weight excluding hydrogens is 234 g/mol. The van der Waals surface area contributed by atoms with Crippen LogP contribution in [0.1, 0.15) is 44.1 Å². The quantitative estimate of drug-likeness (QED) is 0.882. The lowest BCUT2D eigenvalue weighted by Crippen LogP contribution is -2.06. The maximum atomic E-state index is 9.38. The third kappa shape index (κ3) is 2.42. The van der Waals surface area contributed by atoms with Crippen molar-refractivity contribution in [3.8, 4) is 0 Å². The molecule has 2 heteroatoms. The van der Waals surface area contributed by atoms with Crippen molar-refractivity contribution < 1.29 is 5.11 Å². The minimum atomic E-state index is 0.214. The summed E-state index contributed by atoms with van der Waals surface area (Å²) in [5.74, 6) is 1.07. The zero-order chi connectivity index (χ0) is 13.2. The Morgan fingerprint density at radius 1 is 1.26 bits per heavy atom. The Morgan fingerprint density at radius 3 is 2.79 bits per heavy atom. The first kappa shape index (κ1) is 12.7. The maximum Gasteiger partial charge on any atom is 0.0497 e. The van der Waals surface area contributed by atoms with Gasteiger partial charge in [0.25, 0.3) is 0 Å². The van der Waals surface area contributed by atoms with Crippen molar-refractivity contribution in [1.29, 1.82) is 0 Å². The second-order valence-corrected chi connectivity index (χ2v) is 5.98. The fraction of sp³-hybridized carbons (Fsp3) is 0.529. The van der Waals surface area contributed by atoms with E-state index in [2.05, 4.69) is 42.0 Å². The summed E-state index contributed by atoms with van der Waals surface area (Å²) >= 11 is 0. The molecule has 3 rings (SSSR count). The standard InChI is InChI=1S/C17H23NO/c1-13(12-19)15-7-4-8-17-16(15)9-10-18(17)11-14-5-2-3-6-14/h4,7-10,13-14,19H,2-3,5-6,11-12H2,1H3. The summed E-state index contributed by atoms with van der Waals surface area (Å²) in [5, 5.41) is 10.7. The number of nitrogens with zero attached hydrogens (tertiary/aromatic N) is 1. The smallest absolute Gasteiger partial charge is 0.0497 e. The molecule has 2 nitrogen and oxygen atoms in total. The SMILES string of the molecule is CC(CO)c1cccc2c1ccn2CC1CCCC1. The molecule has 1 aliphatic carbocycles. The van der Waals surface area contributed by atoms with E-state index in [1.54, 1.807) is 0 Å². The highest BCUT2D eigenvalue weighted by molar-refractivity contribution is 5.84. The van der Waals surface area contributed by atoms with Crippen LogP contribution in [0.2, 0.25) is 0 Å². The highest BCUT2D eigenvalue weighted by atomic mass is 16.3. The van der Waals surface area contributed by atoms with E-state index in [1.165, 1.54) is 42.1 Å². The molecule has 1 unspecified atom stereocenters. The second-order valence-electron chi connectivity index (χ2n) is 5.98. The van der Waals surface area contributed by atoms with Crippen LogP contribution in [0.5, 0.6) is 0 Å². The third-order valence-corrected chi connectivity index (χ3v) is 4.58. The Balaban J connectivity index is 1.94. The Bertz CT molecular complexity index is 551. The van der Waals surface area contributed by atoms with Crippen LogP contribution < -0.4 is 0 Å². The highest BCUT2D eigenvalue weighted by Gasteiger charge is 2.17. The first-order valence-corrected chi connectivity index (χ1v) is 7.48. The van der Waals surface area contributed by atoms with E-state index < -0.39 is 0 Å². The second kappa shape index (κ2) is 5.38. The van der Waals surface area contributed by atoms with E-state index in [1.807, 2.05) is 0 Å². The van der Waals surface area contributed by atoms with Crippen molar-refractivity contribution in [2.75, 3.05) is 6.61 Å². The number of aromatic nitrogens is 1. The summed E-state index contributed by atoms with van der Waals surface area (Å²) in [6, 6.07) is 8.68. The van der Waals surface area contributed by atoms with E-state index in [0.717, 1.165) is 12.5 Å². The van der Waals surface area contributed by atoms with Gasteiger partial charge in [-0.1, -0.05) is 31.9 Å². The zero-order valence-corrected chi connectivity index (χ0v) is 11.7. The summed E-state index contributed by atoms with van der Waals surface area (Å²) in [6.45, 7) is 3.45. The van der Waals surface area contributed by atoms with Gasteiger partial charge in [-0.25, -0.2) is 0 Å². The zero-order valence-electron chi connectivity index (χ0n) is 11.7. The Kier molecular flexibility index (Phi) is 3.61. The number of benzene rings is 1. The van der Waals surface area contributed by atoms with Crippen LogP contribution in [0.25, 0.3) is 10.9 Å². The third-order valence-electron chi connectivity index (χ3n) is 4.58. The van der Waals surface area contributed by atoms with Crippen LogP contribution in [0.15, 0.2) is 30.5 Å². The Hall–Kier alpha value is -1.28. The number of hydrogen-bond donors (Lipinski definition) is 1. The van der Waals surface area contributed by atoms with Crippen LogP contribution in [-0.2, 0) is 6.54 Å². The highest BCUT2D eigenvalue weighted by Crippen LogP contribution is 2.30. The summed E-state index contributed by atoms with van der Waals surface area (Å²) < 4.78 is 2.40. The molecule has 1 heterocycles. The van der Waals surface area contributed by atoms with Crippen molar-refractivity contribution in [3.63, 3.8) is 0 Å². The molecule has 102 valence electrons. The topological polar surface area (TPSA) is 25.2 Å². The van der Waals surface area contributed by atoms with Crippen LogP contribution in [0.3, 0.4) is 0 Å². The van der Waals surface area contributed by atoms with Crippen molar-refractivity contribution in [2.24, 2.45) is 5.92 Å². The largest absolute Gasteiger partial charge is 0.396 e. The number of fused-ring (bicyclic) bond motifs is 1. The van der Waals surface area contributed by atoms with Crippen LogP contribution >= 0.6 is 0 Å². The van der Waals surface area contributed by atoms with Gasteiger partial charge in [-0.05, 0) is 36.5 Å². The summed E-state index contributed by atoms with van der Waals surface area (Å²) in [4.78, 5) is 0. The molecule has 1 atom stereocenters. The minimum absolute atomic E-state index is 0.214. The summed E-state index contributed by atoms with van der Waals surface area (Å²) in [5.41, 5.74) is 2.59. The number of rotatable bonds is 4. The summed E-state index contributed by atoms with van der Waals surface area (Å²) in [7, 11) is 0. The van der Waals surface area contributed by atoms with E-state index in [4.69, 9.17) is 0 Å². The van der Waals surface area contributed by atoms with E-state index in [9.17, 15) is 5.11 Å². The molecule has 0 bridgehead atoms. The molecule has 0 spiro atoms. The van der Waals surface area contributed by atoms with Crippen molar-refractivity contribution in [2.45, 2.75) is 45.1 Å². The predicted octanol–water partition coefficient (Wildman–Crippen LogP) is 3.93. The fourth-order valence-electron chi connectivity index (χ4n) is 3.41. The van der Waals surface area contributed by atoms with Gasteiger partial charge in [-0.15, -0.1) is 0 Å². The van der Waals surface area contributed by atoms with Crippen LogP contribution in [0, 0.1) is 5.92 Å². The van der Waals surface area contributed by atoms with Gasteiger partial charge in [-0.2, -0.15) is 0 Å². The van der Waals surface area contributed by atoms with E-state index in [-0.39, 0.29) is 12.5 Å². The molecule has 1 aromatic carbocycles. The average molecular weight is 257 g/mol. The molecule has 0 radical (unpaired) electrons. The molecule has 0 saturated heterocycles. The van der Waals surface area contributed by atoms with Crippen LogP contribution in [-0.4, -0.2) is 16.3 Å². The van der Waals surface area contributed by atoms with Gasteiger partial charge in [0.15, 0.2) is 0 Å². The molecule has 1 saturated carbocycles. The van der Waals surface area contributed by atoms with Gasteiger partial charge >= 0.3 is 0 Å². The summed E-state index contributed by atoms with van der Waals surface area (Å²) in [6.07, 6.45) is 7.78. The number of aliphatic hydroxyl groups is 1. The van der Waals surface area contributed by atoms with Gasteiger partial charge in [0.2, 0.25) is 0 Å². The average Bonchev–Trinajstić information content (AvgIpc) is 3.08. The van der Waals surface area contributed by atoms with Crippen LogP contribution in [0.4, 0.5) is 0 Å². The van der Waals surface area contributed by atoms with Gasteiger partial charge in [-0.3, -0.25) is 0 Å². The lowest BCUT2D eigenvalue weighted by molar-refractivity contribution is 0.273. The number of aliphatic hydroxyl groups excluding tert-OH is 1. The van der Waals surface area contributed by atoms with Gasteiger partial charge < -0.3 is 9.67 Å².